The number of alkyl halides is 3. The van der Waals surface area contributed by atoms with E-state index in [0.29, 0.717) is 5.56 Å². The van der Waals surface area contributed by atoms with Crippen molar-refractivity contribution in [3.63, 3.8) is 0 Å². The number of benzene rings is 1. The summed E-state index contributed by atoms with van der Waals surface area (Å²) in [4.78, 5) is 0. The number of hydrogen-bond donors (Lipinski definition) is 1. The molecule has 1 aromatic rings. The molecular weight excluding hydrogens is 181 g/mol. The average Bonchev–Trinajstić information content (AvgIpc) is 2.01. The van der Waals surface area contributed by atoms with Crippen molar-refractivity contribution in [1.29, 1.82) is 0 Å². The van der Waals surface area contributed by atoms with Gasteiger partial charge in [0.05, 0.1) is 5.56 Å². The largest absolute Gasteiger partial charge is 0.507 e. The van der Waals surface area contributed by atoms with E-state index in [1.807, 2.05) is 0 Å². The van der Waals surface area contributed by atoms with E-state index < -0.39 is 17.5 Å². The highest BCUT2D eigenvalue weighted by Crippen LogP contribution is 2.35. The number of hydrogen-bond acceptors (Lipinski definition) is 1. The van der Waals surface area contributed by atoms with Crippen LogP contribution in [0, 0.1) is 0 Å². The minimum atomic E-state index is -4.51. The highest BCUT2D eigenvalue weighted by molar-refractivity contribution is 5.52. The lowest BCUT2D eigenvalue weighted by Crippen LogP contribution is -2.04. The van der Waals surface area contributed by atoms with Gasteiger partial charge in [0, 0.05) is 0 Å². The van der Waals surface area contributed by atoms with E-state index in [2.05, 4.69) is 6.58 Å². The summed E-state index contributed by atoms with van der Waals surface area (Å²) in [5.41, 5.74) is -0.580. The van der Waals surface area contributed by atoms with Crippen molar-refractivity contribution in [2.24, 2.45) is 0 Å². The monoisotopic (exact) mass is 188 g/mol. The van der Waals surface area contributed by atoms with Gasteiger partial charge in [-0.25, -0.2) is 0 Å². The van der Waals surface area contributed by atoms with Crippen molar-refractivity contribution >= 4 is 6.08 Å². The predicted molar refractivity (Wildman–Crippen MR) is 43.2 cm³/mol. The van der Waals surface area contributed by atoms with Gasteiger partial charge in [0.15, 0.2) is 0 Å². The van der Waals surface area contributed by atoms with Gasteiger partial charge < -0.3 is 5.11 Å². The molecule has 70 valence electrons. The quantitative estimate of drug-likeness (QED) is 0.718. The maximum Gasteiger partial charge on any atom is 0.419 e. The van der Waals surface area contributed by atoms with Gasteiger partial charge in [-0.3, -0.25) is 0 Å². The zero-order chi connectivity index (χ0) is 10.1. The highest BCUT2D eigenvalue weighted by atomic mass is 19.4. The number of aromatic hydroxyl groups is 1. The normalized spacial score (nSPS) is 11.3. The van der Waals surface area contributed by atoms with Crippen molar-refractivity contribution in [2.45, 2.75) is 6.18 Å². The summed E-state index contributed by atoms with van der Waals surface area (Å²) in [6.45, 7) is 3.37. The van der Waals surface area contributed by atoms with Crippen molar-refractivity contribution in [3.05, 3.63) is 35.9 Å². The minimum Gasteiger partial charge on any atom is -0.507 e. The molecule has 0 saturated heterocycles. The summed E-state index contributed by atoms with van der Waals surface area (Å²) >= 11 is 0. The van der Waals surface area contributed by atoms with Gasteiger partial charge in [-0.05, 0) is 17.7 Å². The summed E-state index contributed by atoms with van der Waals surface area (Å²) < 4.78 is 36.3. The van der Waals surface area contributed by atoms with Gasteiger partial charge in [-0.1, -0.05) is 18.7 Å². The smallest absolute Gasteiger partial charge is 0.419 e. The van der Waals surface area contributed by atoms with Gasteiger partial charge in [-0.15, -0.1) is 0 Å². The van der Waals surface area contributed by atoms with Crippen LogP contribution in [0.25, 0.3) is 6.08 Å². The maximum atomic E-state index is 12.1. The molecule has 1 N–H and O–H groups in total. The summed E-state index contributed by atoms with van der Waals surface area (Å²) in [6, 6.07) is 3.09. The summed E-state index contributed by atoms with van der Waals surface area (Å²) in [5, 5.41) is 8.99. The van der Waals surface area contributed by atoms with E-state index in [-0.39, 0.29) is 0 Å². The van der Waals surface area contributed by atoms with Crippen LogP contribution in [-0.2, 0) is 6.18 Å². The number of halogens is 3. The fourth-order valence-electron chi connectivity index (χ4n) is 0.915. The maximum absolute atomic E-state index is 12.1. The lowest BCUT2D eigenvalue weighted by Gasteiger charge is -2.08. The van der Waals surface area contributed by atoms with Crippen molar-refractivity contribution in [2.75, 3.05) is 0 Å². The molecule has 1 rings (SSSR count). The van der Waals surface area contributed by atoms with Gasteiger partial charge in [-0.2, -0.15) is 13.2 Å². The van der Waals surface area contributed by atoms with Crippen LogP contribution in [0.1, 0.15) is 11.1 Å². The Bertz CT molecular complexity index is 328. The van der Waals surface area contributed by atoms with E-state index in [9.17, 15) is 13.2 Å². The molecule has 0 aliphatic heterocycles. The molecule has 1 aromatic carbocycles. The first-order valence-electron chi connectivity index (χ1n) is 3.48. The molecule has 13 heavy (non-hydrogen) atoms. The van der Waals surface area contributed by atoms with E-state index in [4.69, 9.17) is 5.11 Å². The Morgan fingerprint density at radius 2 is 1.92 bits per heavy atom. The van der Waals surface area contributed by atoms with Crippen molar-refractivity contribution in [3.8, 4) is 5.75 Å². The fraction of sp³-hybridized carbons (Fsp3) is 0.111. The molecule has 0 aromatic heterocycles. The lowest BCUT2D eigenvalue weighted by atomic mass is 10.1. The Morgan fingerprint density at radius 1 is 1.31 bits per heavy atom. The predicted octanol–water partition coefficient (Wildman–Crippen LogP) is 3.05. The zero-order valence-electron chi connectivity index (χ0n) is 6.60. The van der Waals surface area contributed by atoms with Crippen LogP contribution in [0.3, 0.4) is 0 Å². The lowest BCUT2D eigenvalue weighted by molar-refractivity contribution is -0.138. The topological polar surface area (TPSA) is 20.2 Å². The molecule has 0 radical (unpaired) electrons. The van der Waals surface area contributed by atoms with Crippen LogP contribution < -0.4 is 0 Å². The van der Waals surface area contributed by atoms with E-state index in [1.54, 1.807) is 0 Å². The van der Waals surface area contributed by atoms with Gasteiger partial charge in [0.25, 0.3) is 0 Å². The second-order valence-electron chi connectivity index (χ2n) is 2.48. The Kier molecular flexibility index (Phi) is 2.32. The van der Waals surface area contributed by atoms with Crippen LogP contribution in [0.15, 0.2) is 24.8 Å². The summed E-state index contributed by atoms with van der Waals surface area (Å²) in [7, 11) is 0. The van der Waals surface area contributed by atoms with Crippen LogP contribution >= 0.6 is 0 Å². The van der Waals surface area contributed by atoms with Gasteiger partial charge >= 0.3 is 6.18 Å². The number of phenols is 1. The molecule has 1 nitrogen and oxygen atoms in total. The molecule has 0 atom stereocenters. The Balaban J connectivity index is 3.20. The first-order chi connectivity index (χ1) is 5.95. The molecule has 0 bridgehead atoms. The molecule has 0 spiro atoms. The highest BCUT2D eigenvalue weighted by Gasteiger charge is 2.33. The third-order valence-electron chi connectivity index (χ3n) is 1.56. The van der Waals surface area contributed by atoms with Crippen molar-refractivity contribution < 1.29 is 18.3 Å². The molecule has 0 saturated carbocycles. The first-order valence-corrected chi connectivity index (χ1v) is 3.48. The Hall–Kier alpha value is -1.45. The molecule has 0 amide bonds. The molecule has 0 unspecified atom stereocenters. The van der Waals surface area contributed by atoms with Crippen LogP contribution in [0.4, 0.5) is 13.2 Å². The third-order valence-corrected chi connectivity index (χ3v) is 1.56. The van der Waals surface area contributed by atoms with Crippen LogP contribution in [0.5, 0.6) is 5.75 Å². The Labute approximate surface area is 73.1 Å². The second kappa shape index (κ2) is 3.12. The average molecular weight is 188 g/mol. The van der Waals surface area contributed by atoms with Gasteiger partial charge in [0.2, 0.25) is 0 Å². The molecule has 4 heteroatoms. The summed E-state index contributed by atoms with van der Waals surface area (Å²) in [6.07, 6.45) is -3.15. The number of phenolic OH excluding ortho intramolecular Hbond substituents is 1. The summed E-state index contributed by atoms with van der Waals surface area (Å²) in [5.74, 6) is -0.773. The van der Waals surface area contributed by atoms with Gasteiger partial charge in [0.1, 0.15) is 5.75 Å². The van der Waals surface area contributed by atoms with Crippen LogP contribution in [0.2, 0.25) is 0 Å². The SMILES string of the molecule is C=Cc1ccc(C(F)(F)F)c(O)c1. The fourth-order valence-corrected chi connectivity index (χ4v) is 0.915. The van der Waals surface area contributed by atoms with E-state index in [1.165, 1.54) is 12.1 Å². The van der Waals surface area contributed by atoms with Crippen LogP contribution in [-0.4, -0.2) is 5.11 Å². The Morgan fingerprint density at radius 3 is 2.31 bits per heavy atom. The minimum absolute atomic E-state index is 0.450. The molecule has 0 aliphatic rings. The second-order valence-corrected chi connectivity index (χ2v) is 2.48. The number of rotatable bonds is 1. The molecule has 0 aliphatic carbocycles. The standard InChI is InChI=1S/C9H7F3O/c1-2-6-3-4-7(8(13)5-6)9(10,11)12/h2-5,13H,1H2. The first kappa shape index (κ1) is 9.64. The zero-order valence-corrected chi connectivity index (χ0v) is 6.60. The molecule has 0 heterocycles. The molecule has 0 fully saturated rings. The molecular formula is C9H7F3O. The van der Waals surface area contributed by atoms with E-state index >= 15 is 0 Å². The van der Waals surface area contributed by atoms with Crippen molar-refractivity contribution in [1.82, 2.24) is 0 Å². The van der Waals surface area contributed by atoms with E-state index in [0.717, 1.165) is 12.1 Å². The third kappa shape index (κ3) is 2.02.